The van der Waals surface area contributed by atoms with E-state index in [0.29, 0.717) is 18.2 Å². The van der Waals surface area contributed by atoms with Gasteiger partial charge < -0.3 is 0 Å². The van der Waals surface area contributed by atoms with Crippen molar-refractivity contribution in [2.45, 2.75) is 26.3 Å². The van der Waals surface area contributed by atoms with Crippen LogP contribution in [0.1, 0.15) is 19.4 Å². The first-order chi connectivity index (χ1) is 7.50. The van der Waals surface area contributed by atoms with Gasteiger partial charge in [-0.3, -0.25) is 9.69 Å². The second-order valence-electron chi connectivity index (χ2n) is 4.32. The minimum atomic E-state index is -0.303. The number of halogens is 1. The fourth-order valence-electron chi connectivity index (χ4n) is 1.37. The molecule has 3 heteroatoms. The second kappa shape index (κ2) is 5.75. The van der Waals surface area contributed by atoms with Crippen molar-refractivity contribution < 1.29 is 9.18 Å². The number of benzene rings is 1. The molecule has 0 bridgehead atoms. The van der Waals surface area contributed by atoms with Crippen LogP contribution in [0.3, 0.4) is 0 Å². The molecule has 0 aliphatic rings. The van der Waals surface area contributed by atoms with E-state index in [2.05, 4.69) is 0 Å². The Balaban J connectivity index is 2.55. The molecule has 0 saturated carbocycles. The molecule has 0 unspecified atom stereocenters. The number of Topliss-reactive ketones (excluding diaryl/α,β-unsaturated/α-hetero) is 1. The maximum absolute atomic E-state index is 13.3. The Kier molecular flexibility index (Phi) is 4.62. The minimum absolute atomic E-state index is 0.0429. The van der Waals surface area contributed by atoms with Crippen molar-refractivity contribution >= 4 is 5.78 Å². The summed E-state index contributed by atoms with van der Waals surface area (Å²) in [6.45, 7) is 4.42. The van der Waals surface area contributed by atoms with E-state index in [0.717, 1.165) is 0 Å². The van der Waals surface area contributed by atoms with E-state index in [4.69, 9.17) is 0 Å². The van der Waals surface area contributed by atoms with Gasteiger partial charge in [0, 0.05) is 12.5 Å². The van der Waals surface area contributed by atoms with Crippen molar-refractivity contribution in [3.63, 3.8) is 0 Å². The summed E-state index contributed by atoms with van der Waals surface area (Å²) in [6.07, 6.45) is 0.170. The van der Waals surface area contributed by atoms with Crippen LogP contribution in [0.4, 0.5) is 4.39 Å². The summed E-state index contributed by atoms with van der Waals surface area (Å²) in [5.41, 5.74) is 0.477. The van der Waals surface area contributed by atoms with Gasteiger partial charge in [-0.15, -0.1) is 0 Å². The Morgan fingerprint density at radius 3 is 2.56 bits per heavy atom. The number of nitrogens with zero attached hydrogens (tertiary/aromatic N) is 1. The molecule has 88 valence electrons. The van der Waals surface area contributed by atoms with Crippen molar-refractivity contribution in [3.05, 3.63) is 35.6 Å². The molecule has 0 N–H and O–H groups in total. The number of hydrogen-bond donors (Lipinski definition) is 0. The Labute approximate surface area is 96.1 Å². The third-order valence-electron chi connectivity index (χ3n) is 2.65. The normalized spacial score (nSPS) is 11.1. The SMILES string of the molecule is CC(C)N(C)CC(=O)Cc1ccccc1F. The number of hydrogen-bond acceptors (Lipinski definition) is 2. The molecule has 0 aliphatic carbocycles. The van der Waals surface area contributed by atoms with E-state index in [9.17, 15) is 9.18 Å². The zero-order chi connectivity index (χ0) is 12.1. The molecule has 0 fully saturated rings. The minimum Gasteiger partial charge on any atom is -0.298 e. The summed E-state index contributed by atoms with van der Waals surface area (Å²) < 4.78 is 13.3. The molecule has 0 saturated heterocycles. The lowest BCUT2D eigenvalue weighted by molar-refractivity contribution is -0.119. The smallest absolute Gasteiger partial charge is 0.151 e. The summed E-state index contributed by atoms with van der Waals surface area (Å²) in [4.78, 5) is 13.6. The average Bonchev–Trinajstić information content (AvgIpc) is 2.21. The first-order valence-corrected chi connectivity index (χ1v) is 5.46. The van der Waals surface area contributed by atoms with E-state index in [1.54, 1.807) is 18.2 Å². The fourth-order valence-corrected chi connectivity index (χ4v) is 1.37. The van der Waals surface area contributed by atoms with Gasteiger partial charge in [-0.25, -0.2) is 4.39 Å². The van der Waals surface area contributed by atoms with Crippen LogP contribution in [0.2, 0.25) is 0 Å². The lowest BCUT2D eigenvalue weighted by Crippen LogP contribution is -2.32. The van der Waals surface area contributed by atoms with Gasteiger partial charge in [-0.1, -0.05) is 18.2 Å². The molecule has 0 heterocycles. The van der Waals surface area contributed by atoms with Crippen LogP contribution in [0.25, 0.3) is 0 Å². The van der Waals surface area contributed by atoms with Gasteiger partial charge in [0.2, 0.25) is 0 Å². The Morgan fingerprint density at radius 1 is 1.38 bits per heavy atom. The number of rotatable bonds is 5. The van der Waals surface area contributed by atoms with Gasteiger partial charge in [0.1, 0.15) is 5.82 Å². The van der Waals surface area contributed by atoms with E-state index < -0.39 is 0 Å². The number of carbonyl (C=O) groups is 1. The molecule has 0 radical (unpaired) electrons. The Morgan fingerprint density at radius 2 is 2.00 bits per heavy atom. The lowest BCUT2D eigenvalue weighted by Gasteiger charge is -2.19. The molecular formula is C13H18FNO. The Hall–Kier alpha value is -1.22. The quantitative estimate of drug-likeness (QED) is 0.763. The molecule has 0 atom stereocenters. The van der Waals surface area contributed by atoms with Gasteiger partial charge in [-0.2, -0.15) is 0 Å². The van der Waals surface area contributed by atoms with E-state index in [1.165, 1.54) is 6.07 Å². The van der Waals surface area contributed by atoms with Gasteiger partial charge in [0.25, 0.3) is 0 Å². The fraction of sp³-hybridized carbons (Fsp3) is 0.462. The molecule has 0 aliphatic heterocycles. The number of likely N-dealkylation sites (N-methyl/N-ethyl adjacent to an activating group) is 1. The largest absolute Gasteiger partial charge is 0.298 e. The van der Waals surface area contributed by atoms with Gasteiger partial charge in [0.15, 0.2) is 5.78 Å². The molecule has 0 aromatic heterocycles. The average molecular weight is 223 g/mol. The summed E-state index contributed by atoms with van der Waals surface area (Å²) in [5.74, 6) is -0.260. The first-order valence-electron chi connectivity index (χ1n) is 5.46. The standard InChI is InChI=1S/C13H18FNO/c1-10(2)15(3)9-12(16)8-11-6-4-5-7-13(11)14/h4-7,10H,8-9H2,1-3H3. The van der Waals surface area contributed by atoms with Crippen molar-refractivity contribution in [1.29, 1.82) is 0 Å². The molecule has 1 rings (SSSR count). The van der Waals surface area contributed by atoms with Crippen LogP contribution in [0, 0.1) is 5.82 Å². The molecule has 0 spiro atoms. The van der Waals surface area contributed by atoms with E-state index in [1.807, 2.05) is 25.8 Å². The summed E-state index contributed by atoms with van der Waals surface area (Å²) in [5, 5.41) is 0. The van der Waals surface area contributed by atoms with Gasteiger partial charge >= 0.3 is 0 Å². The maximum Gasteiger partial charge on any atom is 0.151 e. The van der Waals surface area contributed by atoms with Crippen LogP contribution < -0.4 is 0 Å². The predicted molar refractivity (Wildman–Crippen MR) is 62.9 cm³/mol. The summed E-state index contributed by atoms with van der Waals surface area (Å²) in [6, 6.07) is 6.74. The van der Waals surface area contributed by atoms with Crippen LogP contribution in [0.15, 0.2) is 24.3 Å². The van der Waals surface area contributed by atoms with Crippen molar-refractivity contribution in [3.8, 4) is 0 Å². The Bertz CT molecular complexity index is 363. The zero-order valence-corrected chi connectivity index (χ0v) is 10.0. The van der Waals surface area contributed by atoms with E-state index >= 15 is 0 Å². The molecule has 16 heavy (non-hydrogen) atoms. The predicted octanol–water partition coefficient (Wildman–Crippen LogP) is 2.28. The second-order valence-corrected chi connectivity index (χ2v) is 4.32. The third kappa shape index (κ3) is 3.74. The number of carbonyl (C=O) groups excluding carboxylic acids is 1. The van der Waals surface area contributed by atoms with Crippen molar-refractivity contribution in [1.82, 2.24) is 4.90 Å². The zero-order valence-electron chi connectivity index (χ0n) is 10.0. The lowest BCUT2D eigenvalue weighted by atomic mass is 10.1. The monoisotopic (exact) mass is 223 g/mol. The highest BCUT2D eigenvalue weighted by molar-refractivity contribution is 5.82. The topological polar surface area (TPSA) is 20.3 Å². The number of ketones is 1. The maximum atomic E-state index is 13.3. The molecule has 1 aromatic rings. The van der Waals surface area contributed by atoms with Crippen molar-refractivity contribution in [2.24, 2.45) is 0 Å². The highest BCUT2D eigenvalue weighted by atomic mass is 19.1. The van der Waals surface area contributed by atoms with Crippen molar-refractivity contribution in [2.75, 3.05) is 13.6 Å². The first kappa shape index (κ1) is 12.8. The van der Waals surface area contributed by atoms with Crippen LogP contribution in [-0.2, 0) is 11.2 Å². The molecule has 1 aromatic carbocycles. The van der Waals surface area contributed by atoms with Crippen LogP contribution in [0.5, 0.6) is 0 Å². The molecule has 2 nitrogen and oxygen atoms in total. The summed E-state index contributed by atoms with van der Waals surface area (Å²) >= 11 is 0. The van der Waals surface area contributed by atoms with Gasteiger partial charge in [-0.05, 0) is 32.5 Å². The highest BCUT2D eigenvalue weighted by Gasteiger charge is 2.11. The highest BCUT2D eigenvalue weighted by Crippen LogP contribution is 2.08. The summed E-state index contributed by atoms with van der Waals surface area (Å²) in [7, 11) is 1.89. The molecule has 0 amide bonds. The van der Waals surface area contributed by atoms with Gasteiger partial charge in [0.05, 0.1) is 6.54 Å². The van der Waals surface area contributed by atoms with Crippen LogP contribution in [-0.4, -0.2) is 30.3 Å². The van der Waals surface area contributed by atoms with E-state index in [-0.39, 0.29) is 18.0 Å². The third-order valence-corrected chi connectivity index (χ3v) is 2.65. The van der Waals surface area contributed by atoms with Crippen LogP contribution >= 0.6 is 0 Å². The molecular weight excluding hydrogens is 205 g/mol.